The topological polar surface area (TPSA) is 28.2 Å². The van der Waals surface area contributed by atoms with Gasteiger partial charge in [-0.15, -0.1) is 0 Å². The van der Waals surface area contributed by atoms with Gasteiger partial charge in [0.15, 0.2) is 0 Å². The molecule has 0 spiro atoms. The lowest BCUT2D eigenvalue weighted by atomic mass is 9.73. The highest BCUT2D eigenvalue weighted by Crippen LogP contribution is 2.50. The highest BCUT2D eigenvalue weighted by Gasteiger charge is 2.57. The number of ether oxygens (including phenoxy) is 2. The zero-order valence-electron chi connectivity index (χ0n) is 27.3. The molecule has 242 valence electrons. The molecular weight excluding hydrogens is 530 g/mol. The molecule has 9 fully saturated rings. The summed E-state index contributed by atoms with van der Waals surface area (Å²) in [5.74, 6) is 0.857. The molecule has 43 heavy (non-hydrogen) atoms. The van der Waals surface area contributed by atoms with Crippen molar-refractivity contribution in [2.75, 3.05) is 6.54 Å². The molecule has 0 amide bonds. The summed E-state index contributed by atoms with van der Waals surface area (Å²) in [5, 5.41) is 0. The van der Waals surface area contributed by atoms with Crippen LogP contribution in [0.25, 0.3) is 0 Å². The molecule has 0 aromatic heterocycles. The van der Waals surface area contributed by atoms with Crippen molar-refractivity contribution in [1.82, 2.24) is 14.7 Å². The summed E-state index contributed by atoms with van der Waals surface area (Å²) >= 11 is 0. The average molecular weight is 594 g/mol. The first kappa shape index (κ1) is 29.0. The Kier molecular flexibility index (Phi) is 8.38. The Bertz CT molecular complexity index is 911. The molecule has 9 aliphatic rings. The lowest BCUT2D eigenvalue weighted by Gasteiger charge is -2.59. The van der Waals surface area contributed by atoms with Gasteiger partial charge in [-0.2, -0.15) is 0 Å². The van der Waals surface area contributed by atoms with Gasteiger partial charge in [-0.25, -0.2) is 0 Å². The molecule has 3 heterocycles. The molecule has 0 bridgehead atoms. The van der Waals surface area contributed by atoms with Crippen LogP contribution in [0.5, 0.6) is 0 Å². The molecule has 0 aromatic carbocycles. The Balaban J connectivity index is 1.04. The van der Waals surface area contributed by atoms with Crippen molar-refractivity contribution in [1.29, 1.82) is 0 Å². The van der Waals surface area contributed by atoms with E-state index >= 15 is 0 Å². The van der Waals surface area contributed by atoms with Crippen molar-refractivity contribution in [2.45, 2.75) is 227 Å². The maximum atomic E-state index is 7.02. The maximum absolute atomic E-state index is 7.02. The third-order valence-electron chi connectivity index (χ3n) is 14.9. The molecule has 6 aliphatic carbocycles. The normalized spacial score (nSPS) is 50.2. The fourth-order valence-corrected chi connectivity index (χ4v) is 13.2. The second-order valence-corrected chi connectivity index (χ2v) is 17.0. The number of likely N-dealkylation sites (tertiary alicyclic amines) is 1. The van der Waals surface area contributed by atoms with Gasteiger partial charge in [-0.05, 0) is 89.4 Å². The first-order valence-electron chi connectivity index (χ1n) is 19.9. The van der Waals surface area contributed by atoms with Gasteiger partial charge in [-0.1, -0.05) is 70.6 Å². The smallest absolute Gasteiger partial charge is 0.0735 e. The number of fused-ring (bicyclic) bond motifs is 5. The zero-order chi connectivity index (χ0) is 28.3. The van der Waals surface area contributed by atoms with Crippen molar-refractivity contribution in [2.24, 2.45) is 5.92 Å². The largest absolute Gasteiger partial charge is 0.372 e. The van der Waals surface area contributed by atoms with Gasteiger partial charge in [0.2, 0.25) is 0 Å². The van der Waals surface area contributed by atoms with E-state index in [9.17, 15) is 0 Å². The second-order valence-electron chi connectivity index (χ2n) is 17.0. The summed E-state index contributed by atoms with van der Waals surface area (Å²) in [6.07, 6.45) is 35.9. The van der Waals surface area contributed by atoms with Crippen molar-refractivity contribution in [3.05, 3.63) is 0 Å². The number of hydrogen-bond donors (Lipinski definition) is 0. The standard InChI is InChI=1S/C38H63N3O2/c1-2-12-26(13-3-1)39-25-34(41-32-16-6-10-20-37(32)43-38-21-11-7-17-33(38)41)28-24-27(22-23-29(28)39)40-30-14-4-8-18-35(30)42-36-19-9-5-15-31(36)40/h26-38H,1-25H2. The molecule has 0 N–H and O–H groups in total. The summed E-state index contributed by atoms with van der Waals surface area (Å²) in [7, 11) is 0. The predicted molar refractivity (Wildman–Crippen MR) is 172 cm³/mol. The van der Waals surface area contributed by atoms with Crippen LogP contribution < -0.4 is 0 Å². The number of hydrogen-bond acceptors (Lipinski definition) is 5. The van der Waals surface area contributed by atoms with Crippen molar-refractivity contribution >= 4 is 0 Å². The molecule has 0 aromatic rings. The first-order chi connectivity index (χ1) is 21.3. The number of nitrogens with zero attached hydrogens (tertiary/aromatic N) is 3. The van der Waals surface area contributed by atoms with Gasteiger partial charge in [0.1, 0.15) is 0 Å². The summed E-state index contributed by atoms with van der Waals surface area (Å²) < 4.78 is 14.0. The minimum absolute atomic E-state index is 0.514. The van der Waals surface area contributed by atoms with Crippen LogP contribution in [0.15, 0.2) is 0 Å². The average Bonchev–Trinajstić information content (AvgIpc) is 3.45. The lowest BCUT2D eigenvalue weighted by Crippen LogP contribution is -2.68. The van der Waals surface area contributed by atoms with Crippen LogP contribution in [0.2, 0.25) is 0 Å². The van der Waals surface area contributed by atoms with E-state index in [0.717, 1.165) is 30.1 Å². The molecule has 5 heteroatoms. The van der Waals surface area contributed by atoms with E-state index in [1.54, 1.807) is 0 Å². The van der Waals surface area contributed by atoms with E-state index in [4.69, 9.17) is 9.47 Å². The van der Waals surface area contributed by atoms with Crippen LogP contribution in [-0.4, -0.2) is 94.0 Å². The van der Waals surface area contributed by atoms with Crippen molar-refractivity contribution < 1.29 is 9.47 Å². The third-order valence-corrected chi connectivity index (χ3v) is 14.9. The molecule has 9 rings (SSSR count). The Morgan fingerprint density at radius 3 is 1.35 bits per heavy atom. The van der Waals surface area contributed by atoms with E-state index in [0.29, 0.717) is 48.6 Å². The van der Waals surface area contributed by atoms with Gasteiger partial charge in [-0.3, -0.25) is 14.7 Å². The maximum Gasteiger partial charge on any atom is 0.0735 e. The van der Waals surface area contributed by atoms with Crippen LogP contribution in [0.1, 0.15) is 154 Å². The molecule has 3 saturated heterocycles. The van der Waals surface area contributed by atoms with E-state index in [1.807, 2.05) is 0 Å². The first-order valence-corrected chi connectivity index (χ1v) is 19.9. The molecular formula is C38H63N3O2. The Morgan fingerprint density at radius 1 is 0.349 bits per heavy atom. The predicted octanol–water partition coefficient (Wildman–Crippen LogP) is 7.45. The highest BCUT2D eigenvalue weighted by molar-refractivity contribution is 5.11. The minimum atomic E-state index is 0.514. The molecule has 5 nitrogen and oxygen atoms in total. The van der Waals surface area contributed by atoms with Gasteiger partial charge in [0, 0.05) is 54.9 Å². The Labute approximate surface area is 263 Å². The summed E-state index contributed by atoms with van der Waals surface area (Å²) in [6, 6.07) is 6.05. The lowest BCUT2D eigenvalue weighted by molar-refractivity contribution is -0.198. The monoisotopic (exact) mass is 593 g/mol. The van der Waals surface area contributed by atoms with E-state index in [-0.39, 0.29) is 0 Å². The number of rotatable bonds is 3. The molecule has 12 unspecified atom stereocenters. The Hall–Kier alpha value is -0.200. The van der Waals surface area contributed by atoms with Gasteiger partial charge in [0.25, 0.3) is 0 Å². The Morgan fingerprint density at radius 2 is 0.814 bits per heavy atom. The van der Waals surface area contributed by atoms with E-state index in [2.05, 4.69) is 14.7 Å². The fourth-order valence-electron chi connectivity index (χ4n) is 13.2. The number of morpholine rings is 2. The van der Waals surface area contributed by atoms with Crippen molar-refractivity contribution in [3.63, 3.8) is 0 Å². The van der Waals surface area contributed by atoms with Crippen LogP contribution in [-0.2, 0) is 9.47 Å². The van der Waals surface area contributed by atoms with Crippen LogP contribution in [0.3, 0.4) is 0 Å². The third kappa shape index (κ3) is 5.20. The highest BCUT2D eigenvalue weighted by atomic mass is 16.5. The molecule has 0 radical (unpaired) electrons. The second kappa shape index (κ2) is 12.4. The summed E-state index contributed by atoms with van der Waals surface area (Å²) in [4.78, 5) is 9.63. The van der Waals surface area contributed by atoms with Crippen LogP contribution in [0.4, 0.5) is 0 Å². The van der Waals surface area contributed by atoms with Gasteiger partial charge >= 0.3 is 0 Å². The summed E-state index contributed by atoms with van der Waals surface area (Å²) in [5.41, 5.74) is 0. The van der Waals surface area contributed by atoms with Crippen LogP contribution >= 0.6 is 0 Å². The zero-order valence-corrected chi connectivity index (χ0v) is 27.3. The SMILES string of the molecule is C1CCC(N2CC(N3C4CCCCC4OC4CCCCC43)C3CC(N4C5CCCCC5OC5CCCCC54)CCC32)CC1. The van der Waals surface area contributed by atoms with Gasteiger partial charge < -0.3 is 9.47 Å². The van der Waals surface area contributed by atoms with E-state index < -0.39 is 0 Å². The molecule has 12 atom stereocenters. The van der Waals surface area contributed by atoms with Crippen molar-refractivity contribution in [3.8, 4) is 0 Å². The quantitative estimate of drug-likeness (QED) is 0.339. The van der Waals surface area contributed by atoms with Gasteiger partial charge in [0.05, 0.1) is 24.4 Å². The van der Waals surface area contributed by atoms with E-state index in [1.165, 1.54) is 161 Å². The molecule has 3 aliphatic heterocycles. The minimum Gasteiger partial charge on any atom is -0.372 e. The van der Waals surface area contributed by atoms with Crippen LogP contribution in [0, 0.1) is 5.92 Å². The summed E-state index contributed by atoms with van der Waals surface area (Å²) in [6.45, 7) is 1.38. The fraction of sp³-hybridized carbons (Fsp3) is 1.00. The molecule has 6 saturated carbocycles.